The van der Waals surface area contributed by atoms with Gasteiger partial charge in [-0.15, -0.1) is 0 Å². The molecular formula is C27H29Cl2N3O5S. The Morgan fingerprint density at radius 1 is 0.947 bits per heavy atom. The number of nitrogens with zero attached hydrogens (tertiary/aromatic N) is 2. The van der Waals surface area contributed by atoms with Crippen LogP contribution < -0.4 is 14.4 Å². The molecule has 2 amide bonds. The third-order valence-electron chi connectivity index (χ3n) is 5.89. The van der Waals surface area contributed by atoms with Gasteiger partial charge in [-0.25, -0.2) is 8.42 Å². The minimum absolute atomic E-state index is 0.00975. The largest absolute Gasteiger partial charge is 0.495 e. The third kappa shape index (κ3) is 7.40. The summed E-state index contributed by atoms with van der Waals surface area (Å²) in [4.78, 5) is 28.4. The van der Waals surface area contributed by atoms with Gasteiger partial charge in [0.05, 0.1) is 29.1 Å². The molecule has 0 unspecified atom stereocenters. The number of para-hydroxylation sites is 2. The maximum absolute atomic E-state index is 13.9. The summed E-state index contributed by atoms with van der Waals surface area (Å²) in [5, 5.41) is 3.27. The molecule has 11 heteroatoms. The molecule has 3 rings (SSSR count). The van der Waals surface area contributed by atoms with Crippen LogP contribution in [-0.4, -0.2) is 58.1 Å². The van der Waals surface area contributed by atoms with E-state index in [4.69, 9.17) is 27.9 Å². The van der Waals surface area contributed by atoms with Gasteiger partial charge in [-0.3, -0.25) is 13.9 Å². The summed E-state index contributed by atoms with van der Waals surface area (Å²) in [7, 11) is -1.01. The van der Waals surface area contributed by atoms with Crippen molar-refractivity contribution in [1.82, 2.24) is 10.2 Å². The minimum atomic E-state index is -3.91. The van der Waals surface area contributed by atoms with Gasteiger partial charge in [-0.2, -0.15) is 0 Å². The highest BCUT2D eigenvalue weighted by molar-refractivity contribution is 7.92. The minimum Gasteiger partial charge on any atom is -0.495 e. The first-order chi connectivity index (χ1) is 18.0. The van der Waals surface area contributed by atoms with E-state index in [1.54, 1.807) is 42.5 Å². The molecule has 0 saturated carbocycles. The molecule has 3 aromatic rings. The molecule has 0 fully saturated rings. The topological polar surface area (TPSA) is 96.0 Å². The molecule has 38 heavy (non-hydrogen) atoms. The number of hydrogen-bond acceptors (Lipinski definition) is 5. The van der Waals surface area contributed by atoms with Crippen molar-refractivity contribution in [2.45, 2.75) is 19.0 Å². The van der Waals surface area contributed by atoms with Crippen LogP contribution >= 0.6 is 23.2 Å². The van der Waals surface area contributed by atoms with Crippen molar-refractivity contribution >= 4 is 50.7 Å². The first-order valence-corrected chi connectivity index (χ1v) is 14.2. The molecule has 0 radical (unpaired) electrons. The van der Waals surface area contributed by atoms with Gasteiger partial charge >= 0.3 is 0 Å². The number of methoxy groups -OCH3 is 1. The molecule has 0 bridgehead atoms. The number of amides is 2. The SMILES string of the molecule is CNC(=O)[C@@H](Cc1ccccc1)N(Cc1ccc(Cl)c(Cl)c1)C(=O)CN(c1ccccc1OC)S(C)(=O)=O. The lowest BCUT2D eigenvalue weighted by atomic mass is 10.0. The fourth-order valence-electron chi connectivity index (χ4n) is 3.99. The highest BCUT2D eigenvalue weighted by Gasteiger charge is 2.33. The number of benzene rings is 3. The summed E-state index contributed by atoms with van der Waals surface area (Å²) >= 11 is 12.3. The second-order valence-electron chi connectivity index (χ2n) is 8.53. The van der Waals surface area contributed by atoms with E-state index in [1.165, 1.54) is 19.1 Å². The number of hydrogen-bond donors (Lipinski definition) is 1. The van der Waals surface area contributed by atoms with Crippen molar-refractivity contribution in [3.8, 4) is 5.75 Å². The lowest BCUT2D eigenvalue weighted by Gasteiger charge is -2.33. The zero-order chi connectivity index (χ0) is 27.9. The Hall–Kier alpha value is -3.27. The quantitative estimate of drug-likeness (QED) is 0.369. The van der Waals surface area contributed by atoms with Crippen molar-refractivity contribution in [1.29, 1.82) is 0 Å². The Morgan fingerprint density at radius 3 is 2.21 bits per heavy atom. The average Bonchev–Trinajstić information content (AvgIpc) is 2.90. The standard InChI is InChI=1S/C27H29Cl2N3O5S/c1-30-27(34)24(16-19-9-5-4-6-10-19)31(17-20-13-14-21(28)22(29)15-20)26(33)18-32(38(3,35)36)23-11-7-8-12-25(23)37-2/h4-15,24H,16-18H2,1-3H3,(H,30,34)/t24-/m1/s1. The van der Waals surface area contributed by atoms with E-state index in [0.717, 1.165) is 16.1 Å². The van der Waals surface area contributed by atoms with Crippen LogP contribution in [0.1, 0.15) is 11.1 Å². The number of carbonyl (C=O) groups is 2. The van der Waals surface area contributed by atoms with Gasteiger partial charge in [0.1, 0.15) is 18.3 Å². The number of rotatable bonds is 11. The summed E-state index contributed by atoms with van der Waals surface area (Å²) in [5.74, 6) is -0.698. The van der Waals surface area contributed by atoms with Crippen molar-refractivity contribution in [3.63, 3.8) is 0 Å². The third-order valence-corrected chi connectivity index (χ3v) is 7.75. The lowest BCUT2D eigenvalue weighted by molar-refractivity contribution is -0.139. The van der Waals surface area contributed by atoms with E-state index >= 15 is 0 Å². The zero-order valence-corrected chi connectivity index (χ0v) is 23.6. The van der Waals surface area contributed by atoms with Gasteiger partial charge in [0.15, 0.2) is 0 Å². The van der Waals surface area contributed by atoms with Crippen LogP contribution in [0.2, 0.25) is 10.0 Å². The average molecular weight is 579 g/mol. The number of anilines is 1. The lowest BCUT2D eigenvalue weighted by Crippen LogP contribution is -2.52. The molecule has 8 nitrogen and oxygen atoms in total. The molecule has 1 atom stereocenters. The summed E-state index contributed by atoms with van der Waals surface area (Å²) in [5.41, 5.74) is 1.66. The Kier molecular flexibility index (Phi) is 10.0. The Morgan fingerprint density at radius 2 is 1.61 bits per heavy atom. The molecule has 0 aromatic heterocycles. The van der Waals surface area contributed by atoms with Crippen LogP contribution in [-0.2, 0) is 32.6 Å². The molecule has 0 aliphatic heterocycles. The highest BCUT2D eigenvalue weighted by atomic mass is 35.5. The molecule has 0 aliphatic carbocycles. The van der Waals surface area contributed by atoms with Crippen LogP contribution in [0.15, 0.2) is 72.8 Å². The van der Waals surface area contributed by atoms with Gasteiger partial charge in [0.2, 0.25) is 21.8 Å². The van der Waals surface area contributed by atoms with Gasteiger partial charge in [-0.05, 0) is 35.4 Å². The summed E-state index contributed by atoms with van der Waals surface area (Å²) in [6.07, 6.45) is 1.22. The first-order valence-electron chi connectivity index (χ1n) is 11.6. The molecule has 0 aliphatic rings. The first kappa shape index (κ1) is 29.3. The number of sulfonamides is 1. The summed E-state index contributed by atoms with van der Waals surface area (Å²) in [6.45, 7) is -0.563. The molecular weight excluding hydrogens is 549 g/mol. The highest BCUT2D eigenvalue weighted by Crippen LogP contribution is 2.30. The van der Waals surface area contributed by atoms with Crippen molar-refractivity contribution in [2.24, 2.45) is 0 Å². The smallest absolute Gasteiger partial charge is 0.244 e. The van der Waals surface area contributed by atoms with E-state index in [0.29, 0.717) is 15.6 Å². The summed E-state index contributed by atoms with van der Waals surface area (Å²) in [6, 6.07) is 19.7. The Balaban J connectivity index is 2.06. The van der Waals surface area contributed by atoms with Crippen LogP contribution in [0.3, 0.4) is 0 Å². The van der Waals surface area contributed by atoms with E-state index in [1.807, 2.05) is 30.3 Å². The van der Waals surface area contributed by atoms with Crippen LogP contribution in [0.25, 0.3) is 0 Å². The zero-order valence-electron chi connectivity index (χ0n) is 21.2. The molecule has 0 saturated heterocycles. The number of likely N-dealkylation sites (N-methyl/N-ethyl adjacent to an activating group) is 1. The number of halogens is 2. The number of ether oxygens (including phenoxy) is 1. The van der Waals surface area contributed by atoms with E-state index < -0.39 is 34.4 Å². The maximum Gasteiger partial charge on any atom is 0.244 e. The Labute approximate surface area is 233 Å². The van der Waals surface area contributed by atoms with E-state index in [2.05, 4.69) is 5.32 Å². The molecule has 1 N–H and O–H groups in total. The van der Waals surface area contributed by atoms with Crippen molar-refractivity contribution in [3.05, 3.63) is 94.0 Å². The van der Waals surface area contributed by atoms with Gasteiger partial charge in [-0.1, -0.05) is 71.7 Å². The van der Waals surface area contributed by atoms with Crippen LogP contribution in [0, 0.1) is 0 Å². The second kappa shape index (κ2) is 13.0. The second-order valence-corrected chi connectivity index (χ2v) is 11.3. The molecule has 0 spiro atoms. The normalized spacial score (nSPS) is 11.9. The van der Waals surface area contributed by atoms with Gasteiger partial charge in [0.25, 0.3) is 0 Å². The Bertz CT molecular complexity index is 1390. The van der Waals surface area contributed by atoms with Gasteiger partial charge < -0.3 is 15.0 Å². The van der Waals surface area contributed by atoms with E-state index in [9.17, 15) is 18.0 Å². The number of nitrogens with one attached hydrogen (secondary N) is 1. The predicted octanol–water partition coefficient (Wildman–Crippen LogP) is 4.15. The van der Waals surface area contributed by atoms with Crippen LogP contribution in [0.5, 0.6) is 5.75 Å². The summed E-state index contributed by atoms with van der Waals surface area (Å²) < 4.78 is 32.0. The molecule has 202 valence electrons. The van der Waals surface area contributed by atoms with E-state index in [-0.39, 0.29) is 24.4 Å². The fourth-order valence-corrected chi connectivity index (χ4v) is 5.16. The predicted molar refractivity (Wildman–Crippen MR) is 150 cm³/mol. The monoisotopic (exact) mass is 577 g/mol. The molecule has 0 heterocycles. The fraction of sp³-hybridized carbons (Fsp3) is 0.259. The van der Waals surface area contributed by atoms with Gasteiger partial charge in [0, 0.05) is 20.0 Å². The van der Waals surface area contributed by atoms with Crippen molar-refractivity contribution < 1.29 is 22.7 Å². The maximum atomic E-state index is 13.9. The number of carbonyl (C=O) groups excluding carboxylic acids is 2. The molecule has 3 aromatic carbocycles. The van der Waals surface area contributed by atoms with Crippen LogP contribution in [0.4, 0.5) is 5.69 Å². The van der Waals surface area contributed by atoms with Crippen molar-refractivity contribution in [2.75, 3.05) is 31.3 Å².